The minimum Gasteiger partial charge on any atom is -0.283 e. The highest BCUT2D eigenvalue weighted by Gasteiger charge is 2.28. The predicted molar refractivity (Wildman–Crippen MR) is 54.7 cm³/mol. The molecule has 0 bridgehead atoms. The summed E-state index contributed by atoms with van der Waals surface area (Å²) in [6.45, 7) is 0. The highest BCUT2D eigenvalue weighted by atomic mass is 32.2. The van der Waals surface area contributed by atoms with Crippen LogP contribution in [-0.4, -0.2) is 8.42 Å². The fourth-order valence-corrected chi connectivity index (χ4v) is 3.17. The van der Waals surface area contributed by atoms with Gasteiger partial charge in [0, 0.05) is 0 Å². The van der Waals surface area contributed by atoms with Crippen LogP contribution in [0.25, 0.3) is 0 Å². The Kier molecular flexibility index (Phi) is 1.49. The maximum Gasteiger partial charge on any atom is 0.237 e. The van der Waals surface area contributed by atoms with Crippen LogP contribution < -0.4 is 4.72 Å². The van der Waals surface area contributed by atoms with Crippen LogP contribution in [0.4, 0.5) is 5.69 Å². The van der Waals surface area contributed by atoms with E-state index in [-0.39, 0.29) is 5.75 Å². The largest absolute Gasteiger partial charge is 0.283 e. The molecular formula is C10H11NO2S. The highest BCUT2D eigenvalue weighted by Crippen LogP contribution is 2.42. The second-order valence-corrected chi connectivity index (χ2v) is 5.77. The van der Waals surface area contributed by atoms with Gasteiger partial charge in [-0.3, -0.25) is 4.72 Å². The number of rotatable bonds is 1. The number of hydrogen-bond donors (Lipinski definition) is 1. The SMILES string of the molecule is O=S1(=O)Cc2cc(C3CC3)ccc2N1. The van der Waals surface area contributed by atoms with E-state index < -0.39 is 10.0 Å². The third kappa shape index (κ3) is 1.30. The van der Waals surface area contributed by atoms with Gasteiger partial charge in [0.2, 0.25) is 10.0 Å². The second kappa shape index (κ2) is 2.51. The summed E-state index contributed by atoms with van der Waals surface area (Å²) in [5.74, 6) is 0.826. The summed E-state index contributed by atoms with van der Waals surface area (Å²) in [6, 6.07) is 5.95. The number of anilines is 1. The van der Waals surface area contributed by atoms with Crippen LogP contribution >= 0.6 is 0 Å². The molecule has 2 aliphatic rings. The molecule has 0 radical (unpaired) electrons. The Morgan fingerprint density at radius 1 is 1.29 bits per heavy atom. The number of sulfonamides is 1. The molecular weight excluding hydrogens is 198 g/mol. The molecule has 0 unspecified atom stereocenters. The number of hydrogen-bond acceptors (Lipinski definition) is 2. The van der Waals surface area contributed by atoms with Crippen molar-refractivity contribution in [3.05, 3.63) is 29.3 Å². The summed E-state index contributed by atoms with van der Waals surface area (Å²) in [6.07, 6.45) is 2.50. The number of nitrogens with one attached hydrogen (secondary N) is 1. The molecule has 1 aromatic rings. The Balaban J connectivity index is 2.05. The van der Waals surface area contributed by atoms with Crippen molar-refractivity contribution < 1.29 is 8.42 Å². The molecule has 74 valence electrons. The molecule has 1 heterocycles. The van der Waals surface area contributed by atoms with Gasteiger partial charge in [-0.25, -0.2) is 8.42 Å². The molecule has 0 aromatic heterocycles. The van der Waals surface area contributed by atoms with E-state index in [1.807, 2.05) is 18.2 Å². The number of fused-ring (bicyclic) bond motifs is 1. The quantitative estimate of drug-likeness (QED) is 0.766. The van der Waals surface area contributed by atoms with E-state index in [2.05, 4.69) is 4.72 Å². The second-order valence-electron chi connectivity index (χ2n) is 4.05. The minimum absolute atomic E-state index is 0.142. The fourth-order valence-electron chi connectivity index (χ4n) is 1.91. The van der Waals surface area contributed by atoms with Crippen molar-refractivity contribution in [3.8, 4) is 0 Å². The van der Waals surface area contributed by atoms with Crippen molar-refractivity contribution in [2.75, 3.05) is 4.72 Å². The summed E-state index contributed by atoms with van der Waals surface area (Å²) >= 11 is 0. The van der Waals surface area contributed by atoms with Gasteiger partial charge in [0.05, 0.1) is 11.4 Å². The molecule has 3 rings (SSSR count). The predicted octanol–water partition coefficient (Wildman–Crippen LogP) is 1.82. The minimum atomic E-state index is -3.08. The van der Waals surface area contributed by atoms with Gasteiger partial charge in [-0.2, -0.15) is 0 Å². The fraction of sp³-hybridized carbons (Fsp3) is 0.400. The maximum atomic E-state index is 11.3. The van der Waals surface area contributed by atoms with Crippen LogP contribution in [-0.2, 0) is 15.8 Å². The third-order valence-electron chi connectivity index (χ3n) is 2.79. The van der Waals surface area contributed by atoms with Gasteiger partial charge in [-0.05, 0) is 36.0 Å². The van der Waals surface area contributed by atoms with Crippen LogP contribution in [0.5, 0.6) is 0 Å². The molecule has 0 atom stereocenters. The lowest BCUT2D eigenvalue weighted by Crippen LogP contribution is -2.05. The Labute approximate surface area is 83.2 Å². The van der Waals surface area contributed by atoms with E-state index in [1.165, 1.54) is 18.4 Å². The van der Waals surface area contributed by atoms with E-state index in [0.717, 1.165) is 11.3 Å². The zero-order valence-electron chi connectivity index (χ0n) is 7.66. The molecule has 4 heteroatoms. The van der Waals surface area contributed by atoms with E-state index in [1.54, 1.807) is 0 Å². The van der Waals surface area contributed by atoms with Crippen molar-refractivity contribution in [3.63, 3.8) is 0 Å². The molecule has 1 aromatic carbocycles. The smallest absolute Gasteiger partial charge is 0.237 e. The van der Waals surface area contributed by atoms with Crippen molar-refractivity contribution in [2.24, 2.45) is 0 Å². The molecule has 1 N–H and O–H groups in total. The van der Waals surface area contributed by atoms with Gasteiger partial charge in [0.25, 0.3) is 0 Å². The summed E-state index contributed by atoms with van der Waals surface area (Å²) in [5, 5.41) is 0. The summed E-state index contributed by atoms with van der Waals surface area (Å²) in [5.41, 5.74) is 2.98. The molecule has 1 aliphatic heterocycles. The number of benzene rings is 1. The average molecular weight is 209 g/mol. The van der Waals surface area contributed by atoms with Crippen molar-refractivity contribution >= 4 is 15.7 Å². The lowest BCUT2D eigenvalue weighted by molar-refractivity contribution is 0.602. The van der Waals surface area contributed by atoms with Gasteiger partial charge < -0.3 is 0 Å². The average Bonchev–Trinajstić information content (AvgIpc) is 2.86. The van der Waals surface area contributed by atoms with Gasteiger partial charge in [-0.15, -0.1) is 0 Å². The lowest BCUT2D eigenvalue weighted by Gasteiger charge is -2.00. The first-order chi connectivity index (χ1) is 6.64. The van der Waals surface area contributed by atoms with Gasteiger partial charge >= 0.3 is 0 Å². The van der Waals surface area contributed by atoms with Gasteiger partial charge in [0.15, 0.2) is 0 Å². The van der Waals surface area contributed by atoms with E-state index in [0.29, 0.717) is 5.92 Å². The molecule has 14 heavy (non-hydrogen) atoms. The zero-order chi connectivity index (χ0) is 9.76. The maximum absolute atomic E-state index is 11.3. The summed E-state index contributed by atoms with van der Waals surface area (Å²) in [7, 11) is -3.08. The highest BCUT2D eigenvalue weighted by molar-refractivity contribution is 7.92. The molecule has 1 saturated carbocycles. The lowest BCUT2D eigenvalue weighted by atomic mass is 10.1. The van der Waals surface area contributed by atoms with Crippen LogP contribution in [0.15, 0.2) is 18.2 Å². The van der Waals surface area contributed by atoms with Crippen molar-refractivity contribution in [1.82, 2.24) is 0 Å². The van der Waals surface area contributed by atoms with Crippen LogP contribution in [0.2, 0.25) is 0 Å². The van der Waals surface area contributed by atoms with Gasteiger partial charge in [-0.1, -0.05) is 12.1 Å². The van der Waals surface area contributed by atoms with Crippen LogP contribution in [0.1, 0.15) is 29.9 Å². The van der Waals surface area contributed by atoms with Crippen LogP contribution in [0.3, 0.4) is 0 Å². The molecule has 0 spiro atoms. The Morgan fingerprint density at radius 2 is 2.07 bits per heavy atom. The third-order valence-corrected chi connectivity index (χ3v) is 4.01. The first-order valence-corrected chi connectivity index (χ1v) is 6.43. The first kappa shape index (κ1) is 8.29. The van der Waals surface area contributed by atoms with E-state index in [4.69, 9.17) is 0 Å². The summed E-state index contributed by atoms with van der Waals surface area (Å²) < 4.78 is 25.1. The normalized spacial score (nSPS) is 22.9. The standard InChI is InChI=1S/C10H11NO2S/c12-14(13)6-9-5-8(7-1-2-7)3-4-10(9)11-14/h3-5,7,11H,1-2,6H2. The monoisotopic (exact) mass is 209 g/mol. The molecule has 1 aliphatic carbocycles. The molecule has 1 fully saturated rings. The summed E-state index contributed by atoms with van der Waals surface area (Å²) in [4.78, 5) is 0. The topological polar surface area (TPSA) is 46.2 Å². The Morgan fingerprint density at radius 3 is 2.79 bits per heavy atom. The first-order valence-electron chi connectivity index (χ1n) is 4.77. The van der Waals surface area contributed by atoms with Crippen molar-refractivity contribution in [2.45, 2.75) is 24.5 Å². The van der Waals surface area contributed by atoms with E-state index in [9.17, 15) is 8.42 Å². The molecule has 0 amide bonds. The van der Waals surface area contributed by atoms with Gasteiger partial charge in [0.1, 0.15) is 0 Å². The zero-order valence-corrected chi connectivity index (χ0v) is 8.47. The molecule has 0 saturated heterocycles. The van der Waals surface area contributed by atoms with E-state index >= 15 is 0 Å². The Bertz CT molecular complexity index is 489. The Hall–Kier alpha value is -1.03. The molecule has 3 nitrogen and oxygen atoms in total. The van der Waals surface area contributed by atoms with Crippen molar-refractivity contribution in [1.29, 1.82) is 0 Å². The van der Waals surface area contributed by atoms with Crippen LogP contribution in [0, 0.1) is 0 Å².